The number of hydrogen-bond acceptors (Lipinski definition) is 5. The summed E-state index contributed by atoms with van der Waals surface area (Å²) in [5.41, 5.74) is 0.500. The molecule has 1 aromatic rings. The summed E-state index contributed by atoms with van der Waals surface area (Å²) in [5.74, 6) is 4.99. The van der Waals surface area contributed by atoms with Crippen LogP contribution in [-0.2, 0) is 9.36 Å². The molecule has 0 aliphatic carbocycles. The van der Waals surface area contributed by atoms with E-state index < -0.39 is 25.7 Å². The smallest absolute Gasteiger partial charge is 0.266 e. The highest BCUT2D eigenvalue weighted by Crippen LogP contribution is 2.32. The molecular weight excluding hydrogens is 315 g/mol. The minimum absolute atomic E-state index is 0.288. The Bertz CT molecular complexity index is 583. The summed E-state index contributed by atoms with van der Waals surface area (Å²) in [7, 11) is -1.51. The quantitative estimate of drug-likeness (QED) is 0.394. The van der Waals surface area contributed by atoms with Gasteiger partial charge in [0, 0.05) is 12.1 Å². The highest BCUT2D eigenvalue weighted by atomic mass is 31.1. The van der Waals surface area contributed by atoms with E-state index in [1.807, 2.05) is 13.0 Å². The lowest BCUT2D eigenvalue weighted by molar-refractivity contribution is -0.139. The largest absolute Gasteiger partial charge is 0.346 e. The Hall–Kier alpha value is -1.69. The molecule has 0 aromatic heterocycles. The van der Waals surface area contributed by atoms with Gasteiger partial charge in [0.25, 0.3) is 11.8 Å². The fourth-order valence-corrected chi connectivity index (χ4v) is 3.61. The van der Waals surface area contributed by atoms with Crippen LogP contribution in [0.15, 0.2) is 30.3 Å². The molecule has 2 rings (SSSR count). The first-order chi connectivity index (χ1) is 11.0. The van der Waals surface area contributed by atoms with E-state index in [1.54, 1.807) is 24.3 Å². The van der Waals surface area contributed by atoms with Gasteiger partial charge in [-0.05, 0) is 31.5 Å². The molecule has 1 fully saturated rings. The van der Waals surface area contributed by atoms with Crippen LogP contribution in [0.3, 0.4) is 0 Å². The third kappa shape index (κ3) is 3.63. The minimum atomic E-state index is -1.51. The predicted octanol–water partition coefficient (Wildman–Crippen LogP) is 0.343. The topological polar surface area (TPSA) is 105 Å². The Kier molecular flexibility index (Phi) is 5.93. The summed E-state index contributed by atoms with van der Waals surface area (Å²) < 4.78 is 12.0. The van der Waals surface area contributed by atoms with Crippen LogP contribution in [0.1, 0.15) is 30.1 Å². The third-order valence-electron chi connectivity index (χ3n) is 4.02. The zero-order valence-corrected chi connectivity index (χ0v) is 14.3. The maximum absolute atomic E-state index is 12.5. The van der Waals surface area contributed by atoms with Gasteiger partial charge in [0.1, 0.15) is 0 Å². The maximum atomic E-state index is 12.5. The van der Waals surface area contributed by atoms with Crippen molar-refractivity contribution in [2.45, 2.75) is 31.1 Å². The number of hydrogen-bond donors (Lipinski definition) is 3. The number of nitrogens with zero attached hydrogens (tertiary/aromatic N) is 1. The normalized spacial score (nSPS) is 25.0. The summed E-state index contributed by atoms with van der Waals surface area (Å²) in [5, 5.41) is 5.68. The number of benzene rings is 1. The fraction of sp³-hybridized carbons (Fsp3) is 0.467. The number of nitrogens with two attached hydrogens (primary N) is 1. The molecule has 1 aliphatic heterocycles. The van der Waals surface area contributed by atoms with E-state index >= 15 is 0 Å². The van der Waals surface area contributed by atoms with Gasteiger partial charge in [0.05, 0.1) is 14.5 Å². The number of hydrazine groups is 1. The van der Waals surface area contributed by atoms with Gasteiger partial charge >= 0.3 is 0 Å². The van der Waals surface area contributed by atoms with Crippen molar-refractivity contribution in [3.05, 3.63) is 35.9 Å². The van der Waals surface area contributed by atoms with Crippen LogP contribution in [-0.4, -0.2) is 41.2 Å². The number of rotatable bonds is 6. The number of carbonyl (C=O) groups is 2. The molecule has 0 saturated carbocycles. The average molecular weight is 338 g/mol. The SMILES string of the molecule is CCCN[C@@]1([PH2]=O)C(=O)N(N)CCC1NC(=O)c1ccccc1. The van der Waals surface area contributed by atoms with Crippen molar-refractivity contribution in [1.29, 1.82) is 0 Å². The molecule has 7 nitrogen and oxygen atoms in total. The summed E-state index contributed by atoms with van der Waals surface area (Å²) in [6, 6.07) is 8.19. The molecule has 1 aliphatic rings. The second-order valence-electron chi connectivity index (χ2n) is 5.59. The van der Waals surface area contributed by atoms with Gasteiger partial charge < -0.3 is 9.88 Å². The number of amides is 2. The molecule has 126 valence electrons. The zero-order valence-electron chi connectivity index (χ0n) is 13.1. The molecule has 8 heteroatoms. The third-order valence-corrected chi connectivity index (χ3v) is 5.24. The van der Waals surface area contributed by atoms with Crippen LogP contribution < -0.4 is 16.5 Å². The standard InChI is InChI=1S/C15H23N4O3P/c1-2-9-17-15(23-22)12(8-10-19(16)14(15)21)18-13(20)11-6-4-3-5-7-11/h3-7,12,17H,2,8-10,16,23H2,1H3,(H,18,20)/t12?,15-/m0/s1. The van der Waals surface area contributed by atoms with E-state index in [0.29, 0.717) is 25.1 Å². The van der Waals surface area contributed by atoms with Crippen LogP contribution in [0.2, 0.25) is 0 Å². The number of piperidine rings is 1. The van der Waals surface area contributed by atoms with E-state index in [0.717, 1.165) is 11.4 Å². The van der Waals surface area contributed by atoms with Crippen molar-refractivity contribution >= 4 is 20.3 Å². The lowest BCUT2D eigenvalue weighted by atomic mass is 9.97. The molecule has 3 atom stereocenters. The molecule has 1 saturated heterocycles. The molecule has 0 radical (unpaired) electrons. The predicted molar refractivity (Wildman–Crippen MR) is 89.6 cm³/mol. The van der Waals surface area contributed by atoms with Gasteiger partial charge in [-0.1, -0.05) is 25.1 Å². The highest BCUT2D eigenvalue weighted by molar-refractivity contribution is 7.28. The van der Waals surface area contributed by atoms with Crippen molar-refractivity contribution in [2.24, 2.45) is 5.84 Å². The van der Waals surface area contributed by atoms with Gasteiger partial charge in [-0.2, -0.15) is 0 Å². The van der Waals surface area contributed by atoms with Gasteiger partial charge in [-0.3, -0.25) is 19.9 Å². The second kappa shape index (κ2) is 7.73. The zero-order chi connectivity index (χ0) is 16.9. The molecule has 2 unspecified atom stereocenters. The minimum Gasteiger partial charge on any atom is -0.346 e. The summed E-state index contributed by atoms with van der Waals surface area (Å²) >= 11 is 0. The Labute approximate surface area is 136 Å². The molecule has 23 heavy (non-hydrogen) atoms. The van der Waals surface area contributed by atoms with E-state index in [1.165, 1.54) is 0 Å². The van der Waals surface area contributed by atoms with Crippen molar-refractivity contribution in [3.8, 4) is 0 Å². The van der Waals surface area contributed by atoms with Gasteiger partial charge in [-0.15, -0.1) is 0 Å². The van der Waals surface area contributed by atoms with Crippen LogP contribution in [0.4, 0.5) is 0 Å². The first-order valence-electron chi connectivity index (χ1n) is 7.69. The van der Waals surface area contributed by atoms with Crippen LogP contribution in [0.5, 0.6) is 0 Å². The average Bonchev–Trinajstić information content (AvgIpc) is 2.59. The summed E-state index contributed by atoms with van der Waals surface area (Å²) in [6.07, 6.45) is 1.23. The molecule has 0 spiro atoms. The molecule has 1 aromatic carbocycles. The first-order valence-corrected chi connectivity index (χ1v) is 8.74. The molecule has 1 heterocycles. The van der Waals surface area contributed by atoms with E-state index in [9.17, 15) is 14.2 Å². The van der Waals surface area contributed by atoms with Gasteiger partial charge in [0.15, 0.2) is 5.28 Å². The summed E-state index contributed by atoms with van der Waals surface area (Å²) in [6.45, 7) is 2.78. The Morgan fingerprint density at radius 3 is 2.74 bits per heavy atom. The van der Waals surface area contributed by atoms with E-state index in [2.05, 4.69) is 10.6 Å². The van der Waals surface area contributed by atoms with Crippen LogP contribution in [0.25, 0.3) is 0 Å². The van der Waals surface area contributed by atoms with E-state index in [4.69, 9.17) is 5.84 Å². The van der Waals surface area contributed by atoms with Crippen molar-refractivity contribution < 1.29 is 14.2 Å². The van der Waals surface area contributed by atoms with Crippen molar-refractivity contribution in [1.82, 2.24) is 15.6 Å². The first kappa shape index (κ1) is 17.7. The Morgan fingerprint density at radius 1 is 1.43 bits per heavy atom. The monoisotopic (exact) mass is 338 g/mol. The second-order valence-corrected chi connectivity index (χ2v) is 6.74. The summed E-state index contributed by atoms with van der Waals surface area (Å²) in [4.78, 5) is 24.9. The van der Waals surface area contributed by atoms with Gasteiger partial charge in [-0.25, -0.2) is 5.84 Å². The lowest BCUT2D eigenvalue weighted by Gasteiger charge is -2.43. The van der Waals surface area contributed by atoms with Crippen LogP contribution in [0, 0.1) is 0 Å². The Balaban J connectivity index is 2.24. The molecular formula is C15H23N4O3P. The molecule has 4 N–H and O–H groups in total. The van der Waals surface area contributed by atoms with Crippen molar-refractivity contribution in [3.63, 3.8) is 0 Å². The van der Waals surface area contributed by atoms with Crippen LogP contribution >= 0.6 is 8.46 Å². The fourth-order valence-electron chi connectivity index (χ4n) is 2.71. The lowest BCUT2D eigenvalue weighted by Crippen LogP contribution is -2.70. The van der Waals surface area contributed by atoms with Crippen molar-refractivity contribution in [2.75, 3.05) is 13.1 Å². The highest BCUT2D eigenvalue weighted by Gasteiger charge is 2.50. The number of nitrogens with one attached hydrogen (secondary N) is 2. The number of carbonyl (C=O) groups excluding carboxylic acids is 2. The van der Waals surface area contributed by atoms with Gasteiger partial charge in [0.2, 0.25) is 0 Å². The Morgan fingerprint density at radius 2 is 2.13 bits per heavy atom. The molecule has 0 bridgehead atoms. The van der Waals surface area contributed by atoms with E-state index in [-0.39, 0.29) is 5.91 Å². The molecule has 2 amide bonds. The maximum Gasteiger partial charge on any atom is 0.266 e.